The van der Waals surface area contributed by atoms with Gasteiger partial charge in [-0.3, -0.25) is 0 Å². The summed E-state index contributed by atoms with van der Waals surface area (Å²) in [7, 11) is 2.05. The van der Waals surface area contributed by atoms with Crippen molar-refractivity contribution >= 4 is 0 Å². The van der Waals surface area contributed by atoms with E-state index in [0.717, 1.165) is 24.3 Å². The fourth-order valence-electron chi connectivity index (χ4n) is 4.31. The van der Waals surface area contributed by atoms with Crippen LogP contribution in [0.15, 0.2) is 24.3 Å². The van der Waals surface area contributed by atoms with Crippen molar-refractivity contribution < 1.29 is 4.39 Å². The highest BCUT2D eigenvalue weighted by Crippen LogP contribution is 2.53. The van der Waals surface area contributed by atoms with Crippen molar-refractivity contribution in [2.24, 2.45) is 17.8 Å². The van der Waals surface area contributed by atoms with Crippen LogP contribution in [0.3, 0.4) is 0 Å². The van der Waals surface area contributed by atoms with Crippen molar-refractivity contribution in [1.82, 2.24) is 5.32 Å². The highest BCUT2D eigenvalue weighted by molar-refractivity contribution is 5.24. The number of rotatable bonds is 3. The van der Waals surface area contributed by atoms with Gasteiger partial charge in [-0.05, 0) is 80.6 Å². The largest absolute Gasteiger partial charge is 0.319 e. The summed E-state index contributed by atoms with van der Waals surface area (Å²) in [5.74, 6) is 2.96. The molecular formula is C16H22FN. The molecule has 2 atom stereocenters. The lowest BCUT2D eigenvalue weighted by Crippen LogP contribution is -2.42. The molecule has 0 aliphatic heterocycles. The summed E-state index contributed by atoms with van der Waals surface area (Å²) < 4.78 is 13.1. The third-order valence-electron chi connectivity index (χ3n) is 5.09. The molecule has 4 rings (SSSR count). The first-order chi connectivity index (χ1) is 8.79. The van der Waals surface area contributed by atoms with Crippen LogP contribution in [0.4, 0.5) is 4.39 Å². The Morgan fingerprint density at radius 3 is 2.28 bits per heavy atom. The normalized spacial score (nSPS) is 34.8. The van der Waals surface area contributed by atoms with E-state index in [2.05, 4.69) is 5.32 Å². The SMILES string of the molecule is CNCC1C2CCC(CC2)C1c1ccc(F)cc1. The lowest BCUT2D eigenvalue weighted by Gasteiger charge is -2.49. The van der Waals surface area contributed by atoms with Crippen molar-refractivity contribution in [3.05, 3.63) is 35.6 Å². The van der Waals surface area contributed by atoms with Crippen LogP contribution in [0, 0.1) is 23.6 Å². The van der Waals surface area contributed by atoms with E-state index in [1.165, 1.54) is 31.2 Å². The third-order valence-corrected chi connectivity index (χ3v) is 5.09. The molecule has 2 unspecified atom stereocenters. The molecule has 1 N–H and O–H groups in total. The van der Waals surface area contributed by atoms with Gasteiger partial charge in [0.2, 0.25) is 0 Å². The summed E-state index contributed by atoms with van der Waals surface area (Å²) in [6.45, 7) is 1.10. The molecule has 0 heterocycles. The topological polar surface area (TPSA) is 12.0 Å². The van der Waals surface area contributed by atoms with Gasteiger partial charge in [0.15, 0.2) is 0 Å². The first-order valence-electron chi connectivity index (χ1n) is 7.19. The average Bonchev–Trinajstić information content (AvgIpc) is 2.42. The summed E-state index contributed by atoms with van der Waals surface area (Å²) in [4.78, 5) is 0. The summed E-state index contributed by atoms with van der Waals surface area (Å²) in [5.41, 5.74) is 1.35. The Labute approximate surface area is 109 Å². The Hall–Kier alpha value is -0.890. The van der Waals surface area contributed by atoms with Crippen LogP contribution in [0.25, 0.3) is 0 Å². The Kier molecular flexibility index (Phi) is 3.38. The lowest BCUT2D eigenvalue weighted by molar-refractivity contribution is 0.0687. The molecule has 2 bridgehead atoms. The van der Waals surface area contributed by atoms with Crippen LogP contribution in [-0.4, -0.2) is 13.6 Å². The van der Waals surface area contributed by atoms with Gasteiger partial charge in [-0.25, -0.2) is 4.39 Å². The highest BCUT2D eigenvalue weighted by Gasteiger charge is 2.43. The summed E-state index contributed by atoms with van der Waals surface area (Å²) in [5, 5.41) is 3.36. The van der Waals surface area contributed by atoms with Gasteiger partial charge in [-0.2, -0.15) is 0 Å². The molecule has 0 spiro atoms. The number of hydrogen-bond donors (Lipinski definition) is 1. The molecule has 3 fully saturated rings. The minimum atomic E-state index is -0.120. The monoisotopic (exact) mass is 247 g/mol. The van der Waals surface area contributed by atoms with Gasteiger partial charge >= 0.3 is 0 Å². The number of halogens is 1. The summed E-state index contributed by atoms with van der Waals surface area (Å²) in [6, 6.07) is 7.24. The van der Waals surface area contributed by atoms with Crippen molar-refractivity contribution in [2.45, 2.75) is 31.6 Å². The fraction of sp³-hybridized carbons (Fsp3) is 0.625. The third kappa shape index (κ3) is 2.07. The Morgan fingerprint density at radius 2 is 1.67 bits per heavy atom. The molecule has 1 aromatic carbocycles. The molecule has 0 aromatic heterocycles. The smallest absolute Gasteiger partial charge is 0.123 e. The van der Waals surface area contributed by atoms with Gasteiger partial charge in [-0.1, -0.05) is 12.1 Å². The molecule has 98 valence electrons. The number of benzene rings is 1. The Balaban J connectivity index is 1.89. The quantitative estimate of drug-likeness (QED) is 0.861. The molecule has 0 amide bonds. The standard InChI is InChI=1S/C16H22FN/c1-18-10-15-11-2-4-12(5-3-11)16(15)13-6-8-14(17)9-7-13/h6-9,11-12,15-16,18H,2-5,10H2,1H3. The highest BCUT2D eigenvalue weighted by atomic mass is 19.1. The Morgan fingerprint density at radius 1 is 1.06 bits per heavy atom. The zero-order chi connectivity index (χ0) is 12.5. The number of hydrogen-bond acceptors (Lipinski definition) is 1. The van der Waals surface area contributed by atoms with Crippen molar-refractivity contribution in [1.29, 1.82) is 0 Å². The van der Waals surface area contributed by atoms with Crippen molar-refractivity contribution in [2.75, 3.05) is 13.6 Å². The van der Waals surface area contributed by atoms with Crippen LogP contribution < -0.4 is 5.32 Å². The second-order valence-corrected chi connectivity index (χ2v) is 5.97. The van der Waals surface area contributed by atoms with E-state index in [4.69, 9.17) is 0 Å². The van der Waals surface area contributed by atoms with Crippen molar-refractivity contribution in [3.8, 4) is 0 Å². The first kappa shape index (κ1) is 12.2. The molecule has 1 nitrogen and oxygen atoms in total. The summed E-state index contributed by atoms with van der Waals surface area (Å²) in [6.07, 6.45) is 5.53. The van der Waals surface area contributed by atoms with Gasteiger partial charge in [0.1, 0.15) is 5.82 Å². The predicted molar refractivity (Wildman–Crippen MR) is 72.0 cm³/mol. The fourth-order valence-corrected chi connectivity index (χ4v) is 4.31. The molecule has 3 aliphatic rings. The maximum atomic E-state index is 13.1. The minimum Gasteiger partial charge on any atom is -0.319 e. The second kappa shape index (κ2) is 5.00. The maximum absolute atomic E-state index is 13.1. The van der Waals surface area contributed by atoms with Gasteiger partial charge in [-0.15, -0.1) is 0 Å². The molecule has 2 heteroatoms. The molecule has 0 saturated heterocycles. The average molecular weight is 247 g/mol. The van der Waals surface area contributed by atoms with Crippen LogP contribution >= 0.6 is 0 Å². The second-order valence-electron chi connectivity index (χ2n) is 5.97. The predicted octanol–water partition coefficient (Wildman–Crippen LogP) is 3.56. The number of fused-ring (bicyclic) bond motifs is 3. The minimum absolute atomic E-state index is 0.120. The van der Waals surface area contributed by atoms with Crippen molar-refractivity contribution in [3.63, 3.8) is 0 Å². The van der Waals surface area contributed by atoms with Crippen LogP contribution in [0.1, 0.15) is 37.2 Å². The molecule has 1 aromatic rings. The van der Waals surface area contributed by atoms with E-state index in [0.29, 0.717) is 5.92 Å². The number of nitrogens with one attached hydrogen (secondary N) is 1. The van der Waals surface area contributed by atoms with Crippen LogP contribution in [-0.2, 0) is 0 Å². The Bertz CT molecular complexity index is 392. The molecule has 0 radical (unpaired) electrons. The van der Waals surface area contributed by atoms with E-state index < -0.39 is 0 Å². The van der Waals surface area contributed by atoms with E-state index in [-0.39, 0.29) is 5.82 Å². The maximum Gasteiger partial charge on any atom is 0.123 e. The summed E-state index contributed by atoms with van der Waals surface area (Å²) >= 11 is 0. The van der Waals surface area contributed by atoms with Gasteiger partial charge in [0, 0.05) is 0 Å². The molecule has 3 aliphatic carbocycles. The lowest BCUT2D eigenvalue weighted by atomic mass is 9.57. The van der Waals surface area contributed by atoms with Crippen LogP contribution in [0.2, 0.25) is 0 Å². The van der Waals surface area contributed by atoms with Gasteiger partial charge in [0.25, 0.3) is 0 Å². The molecular weight excluding hydrogens is 225 g/mol. The van der Waals surface area contributed by atoms with E-state index in [1.54, 1.807) is 12.1 Å². The van der Waals surface area contributed by atoms with E-state index >= 15 is 0 Å². The zero-order valence-corrected chi connectivity index (χ0v) is 11.0. The van der Waals surface area contributed by atoms with Gasteiger partial charge in [0.05, 0.1) is 0 Å². The molecule has 18 heavy (non-hydrogen) atoms. The van der Waals surface area contributed by atoms with E-state index in [9.17, 15) is 4.39 Å². The first-order valence-corrected chi connectivity index (χ1v) is 7.19. The van der Waals surface area contributed by atoms with E-state index in [1.807, 2.05) is 19.2 Å². The van der Waals surface area contributed by atoms with Crippen LogP contribution in [0.5, 0.6) is 0 Å². The zero-order valence-electron chi connectivity index (χ0n) is 11.0. The molecule has 3 saturated carbocycles. The van der Waals surface area contributed by atoms with Gasteiger partial charge < -0.3 is 5.32 Å².